The van der Waals surface area contributed by atoms with Crippen LogP contribution in [0.2, 0.25) is 0 Å². The van der Waals surface area contributed by atoms with Crippen molar-refractivity contribution in [1.29, 1.82) is 0 Å². The van der Waals surface area contributed by atoms with Crippen LogP contribution in [-0.2, 0) is 9.84 Å². The minimum Gasteiger partial charge on any atom is -0.315 e. The molecule has 0 fully saturated rings. The van der Waals surface area contributed by atoms with Gasteiger partial charge < -0.3 is 5.32 Å². The van der Waals surface area contributed by atoms with Crippen molar-refractivity contribution in [3.05, 3.63) is 28.7 Å². The summed E-state index contributed by atoms with van der Waals surface area (Å²) < 4.78 is 22.9. The number of rotatable bonds is 7. The Balaban J connectivity index is 2.15. The summed E-state index contributed by atoms with van der Waals surface area (Å²) in [7, 11) is -2.85. The van der Waals surface area contributed by atoms with Gasteiger partial charge in [0, 0.05) is 34.5 Å². The van der Waals surface area contributed by atoms with Gasteiger partial charge >= 0.3 is 0 Å². The van der Waals surface area contributed by atoms with Crippen LogP contribution in [0, 0.1) is 0 Å². The number of hydrogen-bond acceptors (Lipinski definition) is 4. The number of nitrogens with one attached hydrogen (secondary N) is 1. The van der Waals surface area contributed by atoms with E-state index in [4.69, 9.17) is 0 Å². The van der Waals surface area contributed by atoms with E-state index in [0.29, 0.717) is 6.54 Å². The molecule has 0 spiro atoms. The van der Waals surface area contributed by atoms with Crippen molar-refractivity contribution in [2.45, 2.75) is 4.90 Å². The van der Waals surface area contributed by atoms with Crippen molar-refractivity contribution in [2.75, 3.05) is 30.9 Å². The maximum atomic E-state index is 10.9. The van der Waals surface area contributed by atoms with Gasteiger partial charge in [-0.05, 0) is 28.1 Å². The van der Waals surface area contributed by atoms with E-state index in [2.05, 4.69) is 27.3 Å². The van der Waals surface area contributed by atoms with Gasteiger partial charge in [0.15, 0.2) is 0 Å². The Morgan fingerprint density at radius 3 is 2.65 bits per heavy atom. The van der Waals surface area contributed by atoms with Gasteiger partial charge in [0.05, 0.1) is 5.75 Å². The fraction of sp³-hybridized carbons (Fsp3) is 0.455. The molecule has 0 bridgehead atoms. The van der Waals surface area contributed by atoms with E-state index in [1.165, 1.54) is 11.2 Å². The van der Waals surface area contributed by atoms with Crippen LogP contribution in [0.25, 0.3) is 0 Å². The molecule has 1 N–H and O–H groups in total. The molecule has 1 rings (SSSR count). The maximum Gasteiger partial charge on any atom is 0.148 e. The molecule has 0 unspecified atom stereocenters. The summed E-state index contributed by atoms with van der Waals surface area (Å²) in [5.41, 5.74) is 0. The zero-order valence-electron chi connectivity index (χ0n) is 9.65. The van der Waals surface area contributed by atoms with Crippen LogP contribution >= 0.6 is 27.7 Å². The SMILES string of the molecule is CS(=O)(=O)CCNCCSc1ccccc1Br. The second kappa shape index (κ2) is 7.41. The summed E-state index contributed by atoms with van der Waals surface area (Å²) in [5.74, 6) is 1.12. The second-order valence-electron chi connectivity index (χ2n) is 3.66. The van der Waals surface area contributed by atoms with Crippen LogP contribution in [0.15, 0.2) is 33.6 Å². The lowest BCUT2D eigenvalue weighted by Gasteiger charge is -2.05. The normalized spacial score (nSPS) is 11.6. The van der Waals surface area contributed by atoms with Gasteiger partial charge in [-0.2, -0.15) is 0 Å². The van der Waals surface area contributed by atoms with E-state index in [9.17, 15) is 8.42 Å². The lowest BCUT2D eigenvalue weighted by atomic mass is 10.4. The van der Waals surface area contributed by atoms with Gasteiger partial charge in [-0.3, -0.25) is 0 Å². The van der Waals surface area contributed by atoms with Gasteiger partial charge in [-0.1, -0.05) is 12.1 Å². The molecule has 0 saturated heterocycles. The van der Waals surface area contributed by atoms with Crippen LogP contribution in [0.1, 0.15) is 0 Å². The Hall–Kier alpha value is -0.0400. The van der Waals surface area contributed by atoms with E-state index in [1.807, 2.05) is 18.2 Å². The predicted molar refractivity (Wildman–Crippen MR) is 77.4 cm³/mol. The van der Waals surface area contributed by atoms with Crippen molar-refractivity contribution >= 4 is 37.5 Å². The molecule has 0 aromatic heterocycles. The lowest BCUT2D eigenvalue weighted by molar-refractivity contribution is 0.598. The van der Waals surface area contributed by atoms with Gasteiger partial charge in [-0.25, -0.2) is 8.42 Å². The highest BCUT2D eigenvalue weighted by molar-refractivity contribution is 9.10. The maximum absolute atomic E-state index is 10.9. The lowest BCUT2D eigenvalue weighted by Crippen LogP contribution is -2.24. The summed E-state index contributed by atoms with van der Waals surface area (Å²) in [6.45, 7) is 1.33. The minimum absolute atomic E-state index is 0.201. The summed E-state index contributed by atoms with van der Waals surface area (Å²) >= 11 is 5.23. The van der Waals surface area contributed by atoms with Crippen molar-refractivity contribution < 1.29 is 8.42 Å². The first-order chi connectivity index (χ1) is 7.99. The number of sulfone groups is 1. The smallest absolute Gasteiger partial charge is 0.148 e. The molecule has 0 atom stereocenters. The van der Waals surface area contributed by atoms with Crippen molar-refractivity contribution in [2.24, 2.45) is 0 Å². The quantitative estimate of drug-likeness (QED) is 0.611. The average Bonchev–Trinajstić information content (AvgIpc) is 2.24. The first kappa shape index (κ1) is 15.0. The highest BCUT2D eigenvalue weighted by atomic mass is 79.9. The van der Waals surface area contributed by atoms with E-state index >= 15 is 0 Å². The fourth-order valence-corrected chi connectivity index (χ4v) is 3.17. The Morgan fingerprint density at radius 1 is 1.29 bits per heavy atom. The Bertz CT molecular complexity index is 449. The predicted octanol–water partition coefficient (Wildman–Crippen LogP) is 2.18. The molecule has 0 heterocycles. The first-order valence-corrected chi connectivity index (χ1v) is 9.09. The first-order valence-electron chi connectivity index (χ1n) is 5.25. The number of thioether (sulfide) groups is 1. The van der Waals surface area contributed by atoms with Crippen molar-refractivity contribution in [1.82, 2.24) is 5.32 Å². The number of halogens is 1. The van der Waals surface area contributed by atoms with Crippen LogP contribution in [0.5, 0.6) is 0 Å². The summed E-state index contributed by atoms with van der Waals surface area (Å²) in [4.78, 5) is 1.21. The van der Waals surface area contributed by atoms with Gasteiger partial charge in [0.1, 0.15) is 9.84 Å². The third-order valence-corrected chi connectivity index (χ3v) is 5.00. The highest BCUT2D eigenvalue weighted by Gasteiger charge is 2.01. The molecule has 0 aliphatic heterocycles. The highest BCUT2D eigenvalue weighted by Crippen LogP contribution is 2.26. The molecule has 0 aliphatic rings. The van der Waals surface area contributed by atoms with Gasteiger partial charge in [-0.15, -0.1) is 11.8 Å². The molecule has 96 valence electrons. The minimum atomic E-state index is -2.85. The monoisotopic (exact) mass is 337 g/mol. The molecule has 0 amide bonds. The molecule has 6 heteroatoms. The standard InChI is InChI=1S/C11H16BrNO2S2/c1-17(14,15)9-7-13-6-8-16-11-5-3-2-4-10(11)12/h2-5,13H,6-9H2,1H3. The molecular weight excluding hydrogens is 322 g/mol. The molecule has 17 heavy (non-hydrogen) atoms. The Kier molecular flexibility index (Phi) is 6.54. The van der Waals surface area contributed by atoms with E-state index in [1.54, 1.807) is 11.8 Å². The van der Waals surface area contributed by atoms with Gasteiger partial charge in [0.2, 0.25) is 0 Å². The van der Waals surface area contributed by atoms with E-state index < -0.39 is 9.84 Å². The average molecular weight is 338 g/mol. The third-order valence-electron chi connectivity index (χ3n) is 2.02. The summed E-state index contributed by atoms with van der Waals surface area (Å²) in [6, 6.07) is 8.06. The zero-order valence-corrected chi connectivity index (χ0v) is 12.9. The van der Waals surface area contributed by atoms with Crippen molar-refractivity contribution in [3.63, 3.8) is 0 Å². The number of hydrogen-bond donors (Lipinski definition) is 1. The second-order valence-corrected chi connectivity index (χ2v) is 7.91. The molecule has 1 aromatic carbocycles. The molecule has 0 aliphatic carbocycles. The molecule has 0 saturated carbocycles. The van der Waals surface area contributed by atoms with Crippen LogP contribution in [0.3, 0.4) is 0 Å². The summed E-state index contributed by atoms with van der Waals surface area (Å²) in [5, 5.41) is 3.12. The van der Waals surface area contributed by atoms with Crippen LogP contribution in [0.4, 0.5) is 0 Å². The van der Waals surface area contributed by atoms with E-state index in [0.717, 1.165) is 16.8 Å². The van der Waals surface area contributed by atoms with Crippen LogP contribution in [-0.4, -0.2) is 39.3 Å². The Morgan fingerprint density at radius 2 is 2.00 bits per heavy atom. The number of benzene rings is 1. The largest absolute Gasteiger partial charge is 0.315 e. The zero-order chi connectivity index (χ0) is 12.7. The van der Waals surface area contributed by atoms with E-state index in [-0.39, 0.29) is 5.75 Å². The Labute approximate surface area is 115 Å². The third kappa shape index (κ3) is 7.08. The van der Waals surface area contributed by atoms with Crippen molar-refractivity contribution in [3.8, 4) is 0 Å². The molecule has 1 aromatic rings. The summed E-state index contributed by atoms with van der Waals surface area (Å²) in [6.07, 6.45) is 1.25. The fourth-order valence-electron chi connectivity index (χ4n) is 1.18. The van der Waals surface area contributed by atoms with Gasteiger partial charge in [0.25, 0.3) is 0 Å². The molecule has 3 nitrogen and oxygen atoms in total. The molecule has 0 radical (unpaired) electrons. The van der Waals surface area contributed by atoms with Crippen LogP contribution < -0.4 is 5.32 Å². The molecular formula is C11H16BrNO2S2. The topological polar surface area (TPSA) is 46.2 Å².